The summed E-state index contributed by atoms with van der Waals surface area (Å²) in [7, 11) is 1.34. The molecule has 0 unspecified atom stereocenters. The molecular weight excluding hydrogens is 268 g/mol. The second kappa shape index (κ2) is 7.36. The SMILES string of the molecule is CCN1CCC(CNc2cc(C)nc(C(=O)OC)n2)CC1. The fraction of sp³-hybridized carbons (Fsp3) is 0.667. The van der Waals surface area contributed by atoms with E-state index < -0.39 is 5.97 Å². The van der Waals surface area contributed by atoms with Crippen LogP contribution in [-0.4, -0.2) is 54.1 Å². The zero-order valence-electron chi connectivity index (χ0n) is 13.1. The first-order valence-electron chi connectivity index (χ1n) is 7.52. The molecule has 6 heteroatoms. The first kappa shape index (κ1) is 15.7. The van der Waals surface area contributed by atoms with Crippen molar-refractivity contribution in [2.24, 2.45) is 5.92 Å². The van der Waals surface area contributed by atoms with Crippen LogP contribution in [0.25, 0.3) is 0 Å². The van der Waals surface area contributed by atoms with E-state index >= 15 is 0 Å². The van der Waals surface area contributed by atoms with Gasteiger partial charge in [0.15, 0.2) is 0 Å². The normalized spacial score (nSPS) is 16.7. The van der Waals surface area contributed by atoms with Crippen LogP contribution in [-0.2, 0) is 4.74 Å². The highest BCUT2D eigenvalue weighted by Crippen LogP contribution is 2.17. The molecule has 0 spiro atoms. The smallest absolute Gasteiger partial charge is 0.376 e. The van der Waals surface area contributed by atoms with E-state index in [9.17, 15) is 4.79 Å². The van der Waals surface area contributed by atoms with E-state index in [-0.39, 0.29) is 5.82 Å². The van der Waals surface area contributed by atoms with Crippen molar-refractivity contribution in [2.75, 3.05) is 38.6 Å². The van der Waals surface area contributed by atoms with E-state index in [0.29, 0.717) is 11.7 Å². The zero-order valence-corrected chi connectivity index (χ0v) is 13.1. The minimum atomic E-state index is -0.502. The molecule has 2 heterocycles. The zero-order chi connectivity index (χ0) is 15.2. The van der Waals surface area contributed by atoms with Crippen LogP contribution >= 0.6 is 0 Å². The van der Waals surface area contributed by atoms with Crippen LogP contribution < -0.4 is 5.32 Å². The van der Waals surface area contributed by atoms with Crippen molar-refractivity contribution in [1.29, 1.82) is 0 Å². The van der Waals surface area contributed by atoms with Gasteiger partial charge in [0.05, 0.1) is 7.11 Å². The lowest BCUT2D eigenvalue weighted by Gasteiger charge is -2.31. The molecule has 0 atom stereocenters. The van der Waals surface area contributed by atoms with Gasteiger partial charge in [-0.15, -0.1) is 0 Å². The fourth-order valence-corrected chi connectivity index (χ4v) is 2.60. The summed E-state index contributed by atoms with van der Waals surface area (Å²) < 4.78 is 4.67. The maximum Gasteiger partial charge on any atom is 0.376 e. The third-order valence-electron chi connectivity index (χ3n) is 3.95. The number of hydrogen-bond donors (Lipinski definition) is 1. The molecule has 0 saturated carbocycles. The number of carbonyl (C=O) groups is 1. The highest BCUT2D eigenvalue weighted by Gasteiger charge is 2.18. The van der Waals surface area contributed by atoms with E-state index in [1.807, 2.05) is 13.0 Å². The number of carbonyl (C=O) groups excluding carboxylic acids is 1. The van der Waals surface area contributed by atoms with Gasteiger partial charge < -0.3 is 15.0 Å². The largest absolute Gasteiger partial charge is 0.463 e. The molecule has 21 heavy (non-hydrogen) atoms. The van der Waals surface area contributed by atoms with Crippen LogP contribution in [0.15, 0.2) is 6.07 Å². The molecular formula is C15H24N4O2. The molecule has 1 aromatic rings. The topological polar surface area (TPSA) is 67.4 Å². The van der Waals surface area contributed by atoms with Crippen LogP contribution in [0.4, 0.5) is 5.82 Å². The third-order valence-corrected chi connectivity index (χ3v) is 3.95. The number of methoxy groups -OCH3 is 1. The number of ether oxygens (including phenoxy) is 1. The Bertz CT molecular complexity index is 485. The van der Waals surface area contributed by atoms with Gasteiger partial charge in [-0.25, -0.2) is 14.8 Å². The molecule has 1 fully saturated rings. The van der Waals surface area contributed by atoms with E-state index in [4.69, 9.17) is 0 Å². The number of likely N-dealkylation sites (tertiary alicyclic amines) is 1. The summed E-state index contributed by atoms with van der Waals surface area (Å²) >= 11 is 0. The Morgan fingerprint density at radius 1 is 1.43 bits per heavy atom. The lowest BCUT2D eigenvalue weighted by molar-refractivity contribution is 0.0586. The Labute approximate surface area is 125 Å². The number of piperidine rings is 1. The molecule has 1 N–H and O–H groups in total. The Morgan fingerprint density at radius 2 is 2.14 bits per heavy atom. The Kier molecular flexibility index (Phi) is 5.50. The van der Waals surface area contributed by atoms with Gasteiger partial charge in [-0.05, 0) is 45.3 Å². The highest BCUT2D eigenvalue weighted by molar-refractivity contribution is 5.85. The van der Waals surface area contributed by atoms with Gasteiger partial charge in [0.2, 0.25) is 5.82 Å². The van der Waals surface area contributed by atoms with E-state index in [0.717, 1.165) is 18.8 Å². The predicted molar refractivity (Wildman–Crippen MR) is 81.4 cm³/mol. The van der Waals surface area contributed by atoms with Gasteiger partial charge >= 0.3 is 5.97 Å². The van der Waals surface area contributed by atoms with Gasteiger partial charge in [0.25, 0.3) is 0 Å². The van der Waals surface area contributed by atoms with Crippen molar-refractivity contribution >= 4 is 11.8 Å². The first-order chi connectivity index (χ1) is 10.1. The average Bonchev–Trinajstić information content (AvgIpc) is 2.52. The number of anilines is 1. The van der Waals surface area contributed by atoms with Gasteiger partial charge in [-0.3, -0.25) is 0 Å². The number of nitrogens with one attached hydrogen (secondary N) is 1. The maximum atomic E-state index is 11.5. The summed E-state index contributed by atoms with van der Waals surface area (Å²) in [6.45, 7) is 8.40. The molecule has 2 rings (SSSR count). The van der Waals surface area contributed by atoms with Crippen LogP contribution in [0.5, 0.6) is 0 Å². The Hall–Kier alpha value is -1.69. The molecule has 116 valence electrons. The van der Waals surface area contributed by atoms with Crippen LogP contribution in [0.2, 0.25) is 0 Å². The lowest BCUT2D eigenvalue weighted by atomic mass is 9.97. The standard InChI is InChI=1S/C15H24N4O2/c1-4-19-7-5-12(6-8-19)10-16-13-9-11(2)17-14(18-13)15(20)21-3/h9,12H,4-8,10H2,1-3H3,(H,16,17,18). The van der Waals surface area contributed by atoms with Crippen LogP contribution in [0, 0.1) is 12.8 Å². The molecule has 0 amide bonds. The molecule has 1 aliphatic rings. The summed E-state index contributed by atoms with van der Waals surface area (Å²) in [5, 5.41) is 3.33. The molecule has 0 aliphatic carbocycles. The number of hydrogen-bond acceptors (Lipinski definition) is 6. The van der Waals surface area contributed by atoms with Gasteiger partial charge in [0.1, 0.15) is 5.82 Å². The number of aryl methyl sites for hydroxylation is 1. The molecule has 0 bridgehead atoms. The van der Waals surface area contributed by atoms with Gasteiger partial charge in [0, 0.05) is 18.3 Å². The van der Waals surface area contributed by atoms with Gasteiger partial charge in [-0.2, -0.15) is 0 Å². The maximum absolute atomic E-state index is 11.5. The van der Waals surface area contributed by atoms with E-state index in [2.05, 4.69) is 31.8 Å². The van der Waals surface area contributed by atoms with E-state index in [1.165, 1.54) is 33.0 Å². The monoisotopic (exact) mass is 292 g/mol. The summed E-state index contributed by atoms with van der Waals surface area (Å²) in [6, 6.07) is 1.85. The summed E-state index contributed by atoms with van der Waals surface area (Å²) in [4.78, 5) is 22.3. The lowest BCUT2D eigenvalue weighted by Crippen LogP contribution is -2.35. The second-order valence-corrected chi connectivity index (χ2v) is 5.47. The second-order valence-electron chi connectivity index (χ2n) is 5.47. The third kappa shape index (κ3) is 4.39. The fourth-order valence-electron chi connectivity index (χ4n) is 2.60. The first-order valence-corrected chi connectivity index (χ1v) is 7.52. The minimum Gasteiger partial charge on any atom is -0.463 e. The van der Waals surface area contributed by atoms with Crippen molar-refractivity contribution in [3.05, 3.63) is 17.6 Å². The molecule has 1 saturated heterocycles. The summed E-state index contributed by atoms with van der Waals surface area (Å²) in [5.74, 6) is 0.962. The number of esters is 1. The quantitative estimate of drug-likeness (QED) is 0.833. The van der Waals surface area contributed by atoms with Crippen LogP contribution in [0.3, 0.4) is 0 Å². The van der Waals surface area contributed by atoms with Crippen molar-refractivity contribution in [3.8, 4) is 0 Å². The average molecular weight is 292 g/mol. The van der Waals surface area contributed by atoms with E-state index in [1.54, 1.807) is 0 Å². The van der Waals surface area contributed by atoms with Crippen molar-refractivity contribution in [2.45, 2.75) is 26.7 Å². The summed E-state index contributed by atoms with van der Waals surface area (Å²) in [6.07, 6.45) is 2.41. The molecule has 1 aromatic heterocycles. The molecule has 0 aromatic carbocycles. The minimum absolute atomic E-state index is 0.112. The summed E-state index contributed by atoms with van der Waals surface area (Å²) in [5.41, 5.74) is 0.758. The molecule has 1 aliphatic heterocycles. The number of aromatic nitrogens is 2. The highest BCUT2D eigenvalue weighted by atomic mass is 16.5. The Morgan fingerprint density at radius 3 is 2.76 bits per heavy atom. The number of rotatable bonds is 5. The molecule has 0 radical (unpaired) electrons. The van der Waals surface area contributed by atoms with Crippen LogP contribution in [0.1, 0.15) is 36.1 Å². The van der Waals surface area contributed by atoms with Gasteiger partial charge in [-0.1, -0.05) is 6.92 Å². The Balaban J connectivity index is 1.91. The van der Waals surface area contributed by atoms with Crippen molar-refractivity contribution < 1.29 is 9.53 Å². The predicted octanol–water partition coefficient (Wildman–Crippen LogP) is 1.72. The van der Waals surface area contributed by atoms with Crippen molar-refractivity contribution in [1.82, 2.24) is 14.9 Å². The number of nitrogens with zero attached hydrogens (tertiary/aromatic N) is 3. The van der Waals surface area contributed by atoms with Crippen molar-refractivity contribution in [3.63, 3.8) is 0 Å². The molecule has 6 nitrogen and oxygen atoms in total.